The number of thiazole rings is 1. The number of nitrogens with one attached hydrogen (secondary N) is 1. The zero-order chi connectivity index (χ0) is 18.7. The summed E-state index contributed by atoms with van der Waals surface area (Å²) in [5.74, 6) is -0.528. The Balaban J connectivity index is 1.68. The maximum atomic E-state index is 12.3. The second kappa shape index (κ2) is 7.40. The van der Waals surface area contributed by atoms with Crippen LogP contribution in [0.15, 0.2) is 42.5 Å². The van der Waals surface area contributed by atoms with E-state index in [-0.39, 0.29) is 0 Å². The van der Waals surface area contributed by atoms with Gasteiger partial charge in [0.25, 0.3) is 5.91 Å². The predicted octanol–water partition coefficient (Wildman–Crippen LogP) is 3.07. The molecular formula is C18H17N3O4S. The van der Waals surface area contributed by atoms with Gasteiger partial charge in [-0.1, -0.05) is 23.5 Å². The van der Waals surface area contributed by atoms with Crippen molar-refractivity contribution in [1.82, 2.24) is 4.98 Å². The summed E-state index contributed by atoms with van der Waals surface area (Å²) in [7, 11) is 1.51. The van der Waals surface area contributed by atoms with Crippen LogP contribution in [0.2, 0.25) is 0 Å². The number of amides is 1. The van der Waals surface area contributed by atoms with E-state index >= 15 is 0 Å². The van der Waals surface area contributed by atoms with E-state index in [2.05, 4.69) is 10.3 Å². The molecule has 26 heavy (non-hydrogen) atoms. The minimum absolute atomic E-state index is 0.332. The van der Waals surface area contributed by atoms with Crippen LogP contribution in [-0.2, 0) is 9.53 Å². The quantitative estimate of drug-likeness (QED) is 0.668. The van der Waals surface area contributed by atoms with Gasteiger partial charge in [-0.15, -0.1) is 0 Å². The third kappa shape index (κ3) is 3.75. The third-order valence-corrected chi connectivity index (χ3v) is 4.51. The average Bonchev–Trinajstić information content (AvgIpc) is 3.01. The molecule has 3 rings (SSSR count). The van der Waals surface area contributed by atoms with Gasteiger partial charge in [0, 0.05) is 0 Å². The first-order valence-corrected chi connectivity index (χ1v) is 8.60. The highest BCUT2D eigenvalue weighted by Crippen LogP contribution is 2.25. The van der Waals surface area contributed by atoms with E-state index in [1.165, 1.54) is 25.4 Å². The Kier molecular flexibility index (Phi) is 5.04. The molecule has 0 aliphatic rings. The van der Waals surface area contributed by atoms with Crippen LogP contribution in [-0.4, -0.2) is 30.1 Å². The van der Waals surface area contributed by atoms with Crippen molar-refractivity contribution in [2.45, 2.75) is 13.0 Å². The molecule has 3 N–H and O–H groups in total. The van der Waals surface area contributed by atoms with Crippen molar-refractivity contribution < 1.29 is 19.1 Å². The number of ether oxygens (including phenoxy) is 2. The number of nitrogens with two attached hydrogens (primary N) is 1. The summed E-state index contributed by atoms with van der Waals surface area (Å²) in [6, 6.07) is 11.9. The average molecular weight is 371 g/mol. The number of anilines is 2. The molecule has 0 aliphatic carbocycles. The number of carbonyl (C=O) groups is 2. The lowest BCUT2D eigenvalue weighted by molar-refractivity contribution is -0.123. The number of esters is 1. The van der Waals surface area contributed by atoms with Gasteiger partial charge in [0.1, 0.15) is 5.75 Å². The summed E-state index contributed by atoms with van der Waals surface area (Å²) in [5, 5.41) is 3.11. The number of carbonyl (C=O) groups excluding carboxylic acids is 2. The number of nitrogen functional groups attached to an aromatic ring is 1. The van der Waals surface area contributed by atoms with E-state index < -0.39 is 18.0 Å². The van der Waals surface area contributed by atoms with Crippen molar-refractivity contribution in [3.8, 4) is 5.75 Å². The Hall–Kier alpha value is -3.13. The predicted molar refractivity (Wildman–Crippen MR) is 101 cm³/mol. The zero-order valence-electron chi connectivity index (χ0n) is 14.2. The molecular weight excluding hydrogens is 354 g/mol. The first-order chi connectivity index (χ1) is 12.5. The number of benzene rings is 2. The van der Waals surface area contributed by atoms with Crippen molar-refractivity contribution in [1.29, 1.82) is 0 Å². The van der Waals surface area contributed by atoms with Crippen LogP contribution in [0.1, 0.15) is 17.3 Å². The van der Waals surface area contributed by atoms with Crippen molar-refractivity contribution in [3.63, 3.8) is 0 Å². The normalized spacial score (nSPS) is 11.8. The van der Waals surface area contributed by atoms with Gasteiger partial charge in [0.2, 0.25) is 0 Å². The van der Waals surface area contributed by atoms with E-state index in [0.29, 0.717) is 27.6 Å². The number of nitrogens with zero attached hydrogens (tertiary/aromatic N) is 1. The monoisotopic (exact) mass is 371 g/mol. The van der Waals surface area contributed by atoms with E-state index in [4.69, 9.17) is 15.2 Å². The molecule has 0 saturated carbocycles. The number of hydrogen-bond acceptors (Lipinski definition) is 7. The molecule has 0 saturated heterocycles. The highest BCUT2D eigenvalue weighted by atomic mass is 32.1. The second-order valence-corrected chi connectivity index (χ2v) is 6.53. The third-order valence-electron chi connectivity index (χ3n) is 3.66. The summed E-state index contributed by atoms with van der Waals surface area (Å²) in [4.78, 5) is 28.7. The number of fused-ring (bicyclic) bond motifs is 1. The van der Waals surface area contributed by atoms with Gasteiger partial charge in [0.05, 0.1) is 28.6 Å². The van der Waals surface area contributed by atoms with Crippen molar-refractivity contribution >= 4 is 44.2 Å². The molecule has 8 heteroatoms. The molecule has 3 aromatic rings. The standard InChI is InChI=1S/C18H17N3O4S/c1-10(16(22)20-12-5-3-4-6-14(12)24-2)25-17(23)11-7-8-13-15(9-11)26-18(19)21-13/h3-10H,1-2H3,(H2,19,21)(H,20,22)/t10-/m1/s1. The number of hydrogen-bond donors (Lipinski definition) is 2. The Morgan fingerprint density at radius 3 is 2.77 bits per heavy atom. The molecule has 0 spiro atoms. The van der Waals surface area contributed by atoms with Gasteiger partial charge in [-0.05, 0) is 37.3 Å². The zero-order valence-corrected chi connectivity index (χ0v) is 15.0. The molecule has 0 fully saturated rings. The van der Waals surface area contributed by atoms with Gasteiger partial charge in [-0.3, -0.25) is 4.79 Å². The van der Waals surface area contributed by atoms with Crippen LogP contribution in [0.4, 0.5) is 10.8 Å². The highest BCUT2D eigenvalue weighted by molar-refractivity contribution is 7.22. The largest absolute Gasteiger partial charge is 0.495 e. The Labute approximate surface area is 153 Å². The lowest BCUT2D eigenvalue weighted by Gasteiger charge is -2.15. The smallest absolute Gasteiger partial charge is 0.338 e. The van der Waals surface area contributed by atoms with Gasteiger partial charge < -0.3 is 20.5 Å². The number of rotatable bonds is 5. The minimum Gasteiger partial charge on any atom is -0.495 e. The molecule has 0 radical (unpaired) electrons. The minimum atomic E-state index is -0.977. The molecule has 7 nitrogen and oxygen atoms in total. The van der Waals surface area contributed by atoms with Crippen LogP contribution in [0.25, 0.3) is 10.2 Å². The number of para-hydroxylation sites is 2. The molecule has 2 aromatic carbocycles. The summed E-state index contributed by atoms with van der Waals surface area (Å²) in [6.45, 7) is 1.51. The molecule has 134 valence electrons. The van der Waals surface area contributed by atoms with Crippen molar-refractivity contribution in [2.24, 2.45) is 0 Å². The fraction of sp³-hybridized carbons (Fsp3) is 0.167. The van der Waals surface area contributed by atoms with Gasteiger partial charge in [0.15, 0.2) is 11.2 Å². The maximum Gasteiger partial charge on any atom is 0.338 e. The summed E-state index contributed by atoms with van der Waals surface area (Å²) in [6.07, 6.45) is -0.977. The second-order valence-electron chi connectivity index (χ2n) is 5.47. The van der Waals surface area contributed by atoms with Crippen LogP contribution < -0.4 is 15.8 Å². The van der Waals surface area contributed by atoms with Crippen LogP contribution in [0.3, 0.4) is 0 Å². The van der Waals surface area contributed by atoms with Gasteiger partial charge in [-0.25, -0.2) is 9.78 Å². The molecule has 1 heterocycles. The van der Waals surface area contributed by atoms with Crippen LogP contribution >= 0.6 is 11.3 Å². The van der Waals surface area contributed by atoms with Crippen LogP contribution in [0.5, 0.6) is 5.75 Å². The van der Waals surface area contributed by atoms with E-state index in [0.717, 1.165) is 4.70 Å². The van der Waals surface area contributed by atoms with Crippen molar-refractivity contribution in [3.05, 3.63) is 48.0 Å². The molecule has 1 atom stereocenters. The number of aromatic nitrogens is 1. The first kappa shape index (κ1) is 17.7. The summed E-state index contributed by atoms with van der Waals surface area (Å²) < 4.78 is 11.2. The Morgan fingerprint density at radius 2 is 2.00 bits per heavy atom. The topological polar surface area (TPSA) is 104 Å². The number of methoxy groups -OCH3 is 1. The maximum absolute atomic E-state index is 12.3. The van der Waals surface area contributed by atoms with E-state index in [1.807, 2.05) is 0 Å². The first-order valence-electron chi connectivity index (χ1n) is 7.79. The molecule has 0 aliphatic heterocycles. The molecule has 0 bridgehead atoms. The van der Waals surface area contributed by atoms with Gasteiger partial charge >= 0.3 is 5.97 Å². The molecule has 1 amide bonds. The van der Waals surface area contributed by atoms with Crippen molar-refractivity contribution in [2.75, 3.05) is 18.2 Å². The molecule has 0 unspecified atom stereocenters. The van der Waals surface area contributed by atoms with E-state index in [1.54, 1.807) is 42.5 Å². The van der Waals surface area contributed by atoms with Crippen LogP contribution in [0, 0.1) is 0 Å². The van der Waals surface area contributed by atoms with E-state index in [9.17, 15) is 9.59 Å². The molecule has 1 aromatic heterocycles. The summed E-state index contributed by atoms with van der Waals surface area (Å²) >= 11 is 1.28. The lowest BCUT2D eigenvalue weighted by atomic mass is 10.2. The van der Waals surface area contributed by atoms with Gasteiger partial charge in [-0.2, -0.15) is 0 Å². The lowest BCUT2D eigenvalue weighted by Crippen LogP contribution is -2.30. The SMILES string of the molecule is COc1ccccc1NC(=O)[C@@H](C)OC(=O)c1ccc2nc(N)sc2c1. The Bertz CT molecular complexity index is 970. The fourth-order valence-electron chi connectivity index (χ4n) is 2.33. The summed E-state index contributed by atoms with van der Waals surface area (Å²) in [5.41, 5.74) is 7.21. The fourth-order valence-corrected chi connectivity index (χ4v) is 3.11. The Morgan fingerprint density at radius 1 is 1.23 bits per heavy atom. The highest BCUT2D eigenvalue weighted by Gasteiger charge is 2.20.